The van der Waals surface area contributed by atoms with Crippen molar-refractivity contribution in [3.8, 4) is 0 Å². The van der Waals surface area contributed by atoms with E-state index >= 15 is 0 Å². The van der Waals surface area contributed by atoms with Crippen molar-refractivity contribution in [1.29, 1.82) is 5.41 Å². The van der Waals surface area contributed by atoms with Gasteiger partial charge in [-0.25, -0.2) is 4.98 Å². The molecule has 0 aliphatic heterocycles. The zero-order chi connectivity index (χ0) is 13.8. The number of amidine groups is 1. The van der Waals surface area contributed by atoms with Gasteiger partial charge < -0.3 is 10.6 Å². The topological polar surface area (TPSA) is 66.0 Å². The van der Waals surface area contributed by atoms with E-state index in [0.29, 0.717) is 5.56 Å². The first kappa shape index (κ1) is 13.1. The van der Waals surface area contributed by atoms with E-state index in [0.717, 1.165) is 18.1 Å². The third kappa shape index (κ3) is 2.91. The van der Waals surface area contributed by atoms with E-state index in [-0.39, 0.29) is 5.84 Å². The fourth-order valence-electron chi connectivity index (χ4n) is 1.94. The van der Waals surface area contributed by atoms with Crippen LogP contribution in [0.15, 0.2) is 42.6 Å². The van der Waals surface area contributed by atoms with Gasteiger partial charge >= 0.3 is 0 Å². The maximum Gasteiger partial charge on any atom is 0.133 e. The molecule has 0 bridgehead atoms. The summed E-state index contributed by atoms with van der Waals surface area (Å²) < 4.78 is 0. The number of hydrogen-bond donors (Lipinski definition) is 2. The van der Waals surface area contributed by atoms with Crippen LogP contribution in [0.25, 0.3) is 0 Å². The molecule has 4 heteroatoms. The number of aryl methyl sites for hydroxylation is 1. The number of benzene rings is 1. The second-order valence-electron chi connectivity index (χ2n) is 4.40. The Kier molecular flexibility index (Phi) is 3.80. The number of rotatable bonds is 4. The van der Waals surface area contributed by atoms with E-state index in [4.69, 9.17) is 11.1 Å². The Morgan fingerprint density at radius 2 is 1.95 bits per heavy atom. The summed E-state index contributed by atoms with van der Waals surface area (Å²) in [6, 6.07) is 11.9. The molecule has 0 unspecified atom stereocenters. The van der Waals surface area contributed by atoms with Gasteiger partial charge in [-0.05, 0) is 38.1 Å². The predicted octanol–water partition coefficient (Wildman–Crippen LogP) is 2.83. The lowest BCUT2D eigenvalue weighted by Crippen LogP contribution is -2.19. The number of nitrogens with zero attached hydrogens (tertiary/aromatic N) is 2. The minimum absolute atomic E-state index is 0.0589. The highest BCUT2D eigenvalue weighted by atomic mass is 15.2. The van der Waals surface area contributed by atoms with Gasteiger partial charge in [-0.3, -0.25) is 5.41 Å². The molecular formula is C15H18N4. The predicted molar refractivity (Wildman–Crippen MR) is 79.1 cm³/mol. The average molecular weight is 254 g/mol. The van der Waals surface area contributed by atoms with Gasteiger partial charge in [-0.15, -0.1) is 0 Å². The van der Waals surface area contributed by atoms with E-state index in [1.165, 1.54) is 5.56 Å². The summed E-state index contributed by atoms with van der Waals surface area (Å²) in [5.41, 5.74) is 8.52. The highest BCUT2D eigenvalue weighted by molar-refractivity contribution is 5.95. The van der Waals surface area contributed by atoms with Gasteiger partial charge in [0.1, 0.15) is 11.7 Å². The summed E-state index contributed by atoms with van der Waals surface area (Å²) in [7, 11) is 0. The molecule has 0 aliphatic rings. The van der Waals surface area contributed by atoms with Gasteiger partial charge in [-0.1, -0.05) is 17.7 Å². The smallest absolute Gasteiger partial charge is 0.133 e. The highest BCUT2D eigenvalue weighted by Gasteiger charge is 2.09. The van der Waals surface area contributed by atoms with Crippen LogP contribution in [0.3, 0.4) is 0 Å². The lowest BCUT2D eigenvalue weighted by molar-refractivity contribution is 0.988. The summed E-state index contributed by atoms with van der Waals surface area (Å²) >= 11 is 0. The Labute approximate surface area is 113 Å². The monoisotopic (exact) mass is 254 g/mol. The number of anilines is 2. The molecule has 0 aliphatic carbocycles. The van der Waals surface area contributed by atoms with Crippen LogP contribution in [-0.2, 0) is 0 Å². The highest BCUT2D eigenvalue weighted by Crippen LogP contribution is 2.24. The summed E-state index contributed by atoms with van der Waals surface area (Å²) in [6.45, 7) is 4.94. The Balaban J connectivity index is 2.39. The number of hydrogen-bond acceptors (Lipinski definition) is 3. The van der Waals surface area contributed by atoms with Crippen LogP contribution in [0, 0.1) is 12.3 Å². The van der Waals surface area contributed by atoms with Crippen molar-refractivity contribution in [2.24, 2.45) is 5.73 Å². The lowest BCUT2D eigenvalue weighted by Gasteiger charge is -2.22. The number of nitrogens with one attached hydrogen (secondary N) is 1. The van der Waals surface area contributed by atoms with E-state index in [9.17, 15) is 0 Å². The second kappa shape index (κ2) is 5.52. The van der Waals surface area contributed by atoms with Gasteiger partial charge in [0.25, 0.3) is 0 Å². The molecule has 0 atom stereocenters. The summed E-state index contributed by atoms with van der Waals surface area (Å²) in [5.74, 6) is 0.864. The van der Waals surface area contributed by atoms with Crippen LogP contribution in [-0.4, -0.2) is 17.4 Å². The first-order chi connectivity index (χ1) is 9.11. The maximum atomic E-state index is 7.49. The third-order valence-corrected chi connectivity index (χ3v) is 2.99. The number of aromatic nitrogens is 1. The zero-order valence-electron chi connectivity index (χ0n) is 11.2. The average Bonchev–Trinajstić information content (AvgIpc) is 2.42. The SMILES string of the molecule is CCN(c1ccc(C)cc1)c1cc(C(=N)N)ccn1. The van der Waals surface area contributed by atoms with E-state index in [2.05, 4.69) is 48.0 Å². The molecule has 0 radical (unpaired) electrons. The molecular weight excluding hydrogens is 236 g/mol. The van der Waals surface area contributed by atoms with Crippen LogP contribution >= 0.6 is 0 Å². The number of nitrogen functional groups attached to an aromatic ring is 1. The molecule has 2 aromatic rings. The van der Waals surface area contributed by atoms with Crippen molar-refractivity contribution in [2.75, 3.05) is 11.4 Å². The molecule has 19 heavy (non-hydrogen) atoms. The van der Waals surface area contributed by atoms with Crippen LogP contribution in [0.2, 0.25) is 0 Å². The summed E-state index contributed by atoms with van der Waals surface area (Å²) in [5, 5.41) is 7.49. The molecule has 0 amide bonds. The van der Waals surface area contributed by atoms with Gasteiger partial charge in [0.2, 0.25) is 0 Å². The molecule has 3 N–H and O–H groups in total. The van der Waals surface area contributed by atoms with Gasteiger partial charge in [0.15, 0.2) is 0 Å². The van der Waals surface area contributed by atoms with Crippen LogP contribution in [0.5, 0.6) is 0 Å². The third-order valence-electron chi connectivity index (χ3n) is 2.99. The molecule has 1 aromatic carbocycles. The van der Waals surface area contributed by atoms with E-state index in [1.807, 2.05) is 6.07 Å². The normalized spacial score (nSPS) is 10.2. The van der Waals surface area contributed by atoms with Crippen molar-refractivity contribution in [1.82, 2.24) is 4.98 Å². The fraction of sp³-hybridized carbons (Fsp3) is 0.200. The second-order valence-corrected chi connectivity index (χ2v) is 4.40. The molecule has 1 heterocycles. The Bertz CT molecular complexity index is 575. The van der Waals surface area contributed by atoms with Gasteiger partial charge in [0, 0.05) is 24.0 Å². The molecule has 98 valence electrons. The maximum absolute atomic E-state index is 7.49. The molecule has 2 rings (SSSR count). The zero-order valence-corrected chi connectivity index (χ0v) is 11.2. The van der Waals surface area contributed by atoms with Gasteiger partial charge in [0.05, 0.1) is 0 Å². The van der Waals surface area contributed by atoms with Crippen molar-refractivity contribution in [3.63, 3.8) is 0 Å². The molecule has 0 fully saturated rings. The first-order valence-corrected chi connectivity index (χ1v) is 6.26. The summed E-state index contributed by atoms with van der Waals surface area (Å²) in [6.07, 6.45) is 1.68. The van der Waals surface area contributed by atoms with Crippen LogP contribution in [0.1, 0.15) is 18.1 Å². The molecule has 0 spiro atoms. The van der Waals surface area contributed by atoms with Crippen molar-refractivity contribution in [2.45, 2.75) is 13.8 Å². The lowest BCUT2D eigenvalue weighted by atomic mass is 10.2. The van der Waals surface area contributed by atoms with Gasteiger partial charge in [-0.2, -0.15) is 0 Å². The van der Waals surface area contributed by atoms with Crippen molar-refractivity contribution >= 4 is 17.3 Å². The molecule has 4 nitrogen and oxygen atoms in total. The van der Waals surface area contributed by atoms with E-state index in [1.54, 1.807) is 12.3 Å². The quantitative estimate of drug-likeness (QED) is 0.651. The van der Waals surface area contributed by atoms with E-state index < -0.39 is 0 Å². The van der Waals surface area contributed by atoms with Crippen LogP contribution < -0.4 is 10.6 Å². The fourth-order valence-corrected chi connectivity index (χ4v) is 1.94. The number of nitrogens with two attached hydrogens (primary N) is 1. The van der Waals surface area contributed by atoms with Crippen LogP contribution in [0.4, 0.5) is 11.5 Å². The number of pyridine rings is 1. The first-order valence-electron chi connectivity index (χ1n) is 6.26. The summed E-state index contributed by atoms with van der Waals surface area (Å²) in [4.78, 5) is 6.45. The van der Waals surface area contributed by atoms with Crippen molar-refractivity contribution < 1.29 is 0 Å². The Morgan fingerprint density at radius 3 is 2.53 bits per heavy atom. The van der Waals surface area contributed by atoms with Crippen molar-refractivity contribution in [3.05, 3.63) is 53.7 Å². The Morgan fingerprint density at radius 1 is 1.26 bits per heavy atom. The molecule has 0 saturated carbocycles. The molecule has 0 saturated heterocycles. The minimum Gasteiger partial charge on any atom is -0.384 e. The standard InChI is InChI=1S/C15H18N4/c1-3-19(13-6-4-11(2)5-7-13)14-10-12(15(16)17)8-9-18-14/h4-10H,3H2,1-2H3,(H3,16,17). The largest absolute Gasteiger partial charge is 0.384 e. The molecule has 1 aromatic heterocycles. The Hall–Kier alpha value is -2.36. The minimum atomic E-state index is 0.0589.